The molecule has 1 aromatic rings. The van der Waals surface area contributed by atoms with Crippen LogP contribution in [0.2, 0.25) is 0 Å². The number of phenolic OH excluding ortho intramolecular Hbond substituents is 1. The molecule has 0 fully saturated rings. The second-order valence-corrected chi connectivity index (χ2v) is 4.19. The van der Waals surface area contributed by atoms with Crippen LogP contribution in [0.4, 0.5) is 0 Å². The van der Waals surface area contributed by atoms with E-state index in [2.05, 4.69) is 0 Å². The van der Waals surface area contributed by atoms with Crippen molar-refractivity contribution in [1.82, 2.24) is 4.90 Å². The fourth-order valence-corrected chi connectivity index (χ4v) is 1.54. The number of likely N-dealkylation sites (N-methyl/N-ethyl adjacent to an activating group) is 1. The van der Waals surface area contributed by atoms with Gasteiger partial charge in [0.1, 0.15) is 5.75 Å². The highest BCUT2D eigenvalue weighted by Crippen LogP contribution is 2.23. The molecule has 0 heterocycles. The Morgan fingerprint density at radius 3 is 2.35 bits per heavy atom. The van der Waals surface area contributed by atoms with Crippen molar-refractivity contribution in [2.24, 2.45) is 0 Å². The molecule has 0 saturated carbocycles. The number of amides is 1. The van der Waals surface area contributed by atoms with Crippen LogP contribution in [0.5, 0.6) is 5.75 Å². The molecule has 0 spiro atoms. The lowest BCUT2D eigenvalue weighted by Gasteiger charge is -2.11. The third-order valence-corrected chi connectivity index (χ3v) is 2.78. The molecule has 3 nitrogen and oxygen atoms in total. The van der Waals surface area contributed by atoms with Gasteiger partial charge in [-0.05, 0) is 55.7 Å². The first-order valence-electron chi connectivity index (χ1n) is 5.69. The van der Waals surface area contributed by atoms with Gasteiger partial charge >= 0.3 is 0 Å². The van der Waals surface area contributed by atoms with Crippen molar-refractivity contribution in [3.8, 4) is 5.75 Å². The lowest BCUT2D eigenvalue weighted by atomic mass is 10.1. The van der Waals surface area contributed by atoms with Crippen molar-refractivity contribution in [3.63, 3.8) is 0 Å². The molecule has 0 saturated heterocycles. The van der Waals surface area contributed by atoms with Gasteiger partial charge in [0.15, 0.2) is 0 Å². The molecule has 1 rings (SSSR count). The number of aryl methyl sites for hydroxylation is 2. The lowest BCUT2D eigenvalue weighted by Crippen LogP contribution is -2.23. The Bertz CT molecular complexity index is 427. The molecule has 0 unspecified atom stereocenters. The summed E-state index contributed by atoms with van der Waals surface area (Å²) in [5.74, 6) is 0.301. The summed E-state index contributed by atoms with van der Waals surface area (Å²) in [7, 11) is 1.76. The van der Waals surface area contributed by atoms with E-state index in [1.165, 1.54) is 0 Å². The second kappa shape index (κ2) is 5.53. The fourth-order valence-electron chi connectivity index (χ4n) is 1.54. The van der Waals surface area contributed by atoms with Crippen LogP contribution in [0.3, 0.4) is 0 Å². The molecule has 0 aliphatic rings. The van der Waals surface area contributed by atoms with Crippen LogP contribution < -0.4 is 0 Å². The van der Waals surface area contributed by atoms with Gasteiger partial charge in [0, 0.05) is 19.7 Å². The molecular formula is C14H19NO2. The zero-order chi connectivity index (χ0) is 13.0. The summed E-state index contributed by atoms with van der Waals surface area (Å²) in [6.45, 7) is 6.32. The highest BCUT2D eigenvalue weighted by atomic mass is 16.3. The van der Waals surface area contributed by atoms with Gasteiger partial charge < -0.3 is 10.0 Å². The van der Waals surface area contributed by atoms with Gasteiger partial charge in [-0.25, -0.2) is 0 Å². The first-order valence-corrected chi connectivity index (χ1v) is 5.69. The smallest absolute Gasteiger partial charge is 0.246 e. The predicted molar refractivity (Wildman–Crippen MR) is 69.9 cm³/mol. The molecular weight excluding hydrogens is 214 g/mol. The summed E-state index contributed by atoms with van der Waals surface area (Å²) >= 11 is 0. The first kappa shape index (κ1) is 13.3. The van der Waals surface area contributed by atoms with E-state index in [1.807, 2.05) is 32.9 Å². The van der Waals surface area contributed by atoms with Gasteiger partial charge in [0.25, 0.3) is 0 Å². The molecule has 1 N–H and O–H groups in total. The van der Waals surface area contributed by atoms with Gasteiger partial charge in [-0.15, -0.1) is 0 Å². The topological polar surface area (TPSA) is 40.5 Å². The zero-order valence-electron chi connectivity index (χ0n) is 10.8. The van der Waals surface area contributed by atoms with Crippen molar-refractivity contribution in [1.29, 1.82) is 0 Å². The van der Waals surface area contributed by atoms with Gasteiger partial charge in [0.05, 0.1) is 0 Å². The minimum absolute atomic E-state index is 0.0177. The van der Waals surface area contributed by atoms with E-state index in [0.29, 0.717) is 12.3 Å². The van der Waals surface area contributed by atoms with Crippen LogP contribution in [0.1, 0.15) is 23.6 Å². The number of aromatic hydroxyl groups is 1. The number of phenols is 1. The highest BCUT2D eigenvalue weighted by Gasteiger charge is 2.03. The number of carbonyl (C=O) groups excluding carboxylic acids is 1. The summed E-state index contributed by atoms with van der Waals surface area (Å²) in [5.41, 5.74) is 2.57. The summed E-state index contributed by atoms with van der Waals surface area (Å²) in [6, 6.07) is 3.72. The number of rotatable bonds is 3. The lowest BCUT2D eigenvalue weighted by molar-refractivity contribution is -0.124. The summed E-state index contributed by atoms with van der Waals surface area (Å²) in [5, 5.41) is 9.64. The molecule has 0 bridgehead atoms. The molecule has 3 heteroatoms. The SMILES string of the molecule is CCN(C)C(=O)/C=C/c1cc(C)c(O)c(C)c1. The molecule has 0 aromatic heterocycles. The maximum Gasteiger partial charge on any atom is 0.246 e. The average Bonchev–Trinajstić information content (AvgIpc) is 2.31. The number of benzene rings is 1. The summed E-state index contributed by atoms with van der Waals surface area (Å²) in [6.07, 6.45) is 3.32. The maximum absolute atomic E-state index is 11.6. The van der Waals surface area contributed by atoms with Crippen LogP contribution >= 0.6 is 0 Å². The summed E-state index contributed by atoms with van der Waals surface area (Å²) in [4.78, 5) is 13.2. The number of carbonyl (C=O) groups is 1. The van der Waals surface area contributed by atoms with Crippen LogP contribution in [-0.2, 0) is 4.79 Å². The molecule has 0 aliphatic heterocycles. The van der Waals surface area contributed by atoms with Crippen LogP contribution in [0.15, 0.2) is 18.2 Å². The third kappa shape index (κ3) is 3.34. The Morgan fingerprint density at radius 1 is 1.35 bits per heavy atom. The predicted octanol–water partition coefficient (Wildman–Crippen LogP) is 2.50. The molecule has 0 radical (unpaired) electrons. The largest absolute Gasteiger partial charge is 0.507 e. The van der Waals surface area contributed by atoms with Crippen LogP contribution in [0.25, 0.3) is 6.08 Å². The monoisotopic (exact) mass is 233 g/mol. The van der Waals surface area contributed by atoms with E-state index in [-0.39, 0.29) is 5.91 Å². The van der Waals surface area contributed by atoms with Crippen molar-refractivity contribution in [2.75, 3.05) is 13.6 Å². The second-order valence-electron chi connectivity index (χ2n) is 4.19. The standard InChI is InChI=1S/C14H19NO2/c1-5-15(4)13(16)7-6-12-8-10(2)14(17)11(3)9-12/h6-9,17H,5H2,1-4H3/b7-6+. The molecule has 1 amide bonds. The van der Waals surface area contributed by atoms with Crippen LogP contribution in [0, 0.1) is 13.8 Å². The summed E-state index contributed by atoms with van der Waals surface area (Å²) < 4.78 is 0. The number of hydrogen-bond acceptors (Lipinski definition) is 2. The van der Waals surface area contributed by atoms with E-state index in [1.54, 1.807) is 24.1 Å². The van der Waals surface area contributed by atoms with E-state index < -0.39 is 0 Å². The van der Waals surface area contributed by atoms with E-state index in [0.717, 1.165) is 16.7 Å². The van der Waals surface area contributed by atoms with Crippen molar-refractivity contribution < 1.29 is 9.90 Å². The Labute approximate surface area is 102 Å². The quantitative estimate of drug-likeness (QED) is 0.815. The third-order valence-electron chi connectivity index (χ3n) is 2.78. The Hall–Kier alpha value is -1.77. The molecule has 17 heavy (non-hydrogen) atoms. The maximum atomic E-state index is 11.6. The van der Waals surface area contributed by atoms with E-state index in [4.69, 9.17) is 0 Å². The Kier molecular flexibility index (Phi) is 4.32. The Balaban J connectivity index is 2.89. The van der Waals surface area contributed by atoms with Crippen molar-refractivity contribution in [2.45, 2.75) is 20.8 Å². The normalized spacial score (nSPS) is 10.8. The van der Waals surface area contributed by atoms with Gasteiger partial charge in [-0.1, -0.05) is 0 Å². The number of nitrogens with zero attached hydrogens (tertiary/aromatic N) is 1. The molecule has 1 aromatic carbocycles. The molecule has 0 atom stereocenters. The Morgan fingerprint density at radius 2 is 1.88 bits per heavy atom. The average molecular weight is 233 g/mol. The fraction of sp³-hybridized carbons (Fsp3) is 0.357. The van der Waals surface area contributed by atoms with Gasteiger partial charge in [0.2, 0.25) is 5.91 Å². The highest BCUT2D eigenvalue weighted by molar-refractivity contribution is 5.91. The minimum Gasteiger partial charge on any atom is -0.507 e. The molecule has 92 valence electrons. The van der Waals surface area contributed by atoms with Crippen molar-refractivity contribution >= 4 is 12.0 Å². The van der Waals surface area contributed by atoms with Crippen LogP contribution in [-0.4, -0.2) is 29.5 Å². The zero-order valence-corrected chi connectivity index (χ0v) is 10.8. The van der Waals surface area contributed by atoms with E-state index >= 15 is 0 Å². The molecule has 0 aliphatic carbocycles. The first-order chi connectivity index (χ1) is 7.95. The minimum atomic E-state index is -0.0177. The van der Waals surface area contributed by atoms with Gasteiger partial charge in [-0.3, -0.25) is 4.79 Å². The van der Waals surface area contributed by atoms with Crippen molar-refractivity contribution in [3.05, 3.63) is 34.9 Å². The number of hydrogen-bond donors (Lipinski definition) is 1. The van der Waals surface area contributed by atoms with E-state index in [9.17, 15) is 9.90 Å². The van der Waals surface area contributed by atoms with Gasteiger partial charge in [-0.2, -0.15) is 0 Å².